The fourth-order valence-corrected chi connectivity index (χ4v) is 3.31. The summed E-state index contributed by atoms with van der Waals surface area (Å²) < 4.78 is 0. The molecule has 0 bridgehead atoms. The van der Waals surface area contributed by atoms with Crippen LogP contribution in [0, 0.1) is 25.2 Å². The van der Waals surface area contributed by atoms with E-state index in [1.807, 2.05) is 6.07 Å². The Bertz CT molecular complexity index is 613. The maximum absolute atomic E-state index is 12.5. The molecule has 0 spiro atoms. The first-order valence-corrected chi connectivity index (χ1v) is 7.56. The number of carbonyl (C=O) groups excluding carboxylic acids is 1. The number of carboxylic acid groups (broad SMARTS) is 1. The van der Waals surface area contributed by atoms with E-state index in [0.717, 1.165) is 5.92 Å². The lowest BCUT2D eigenvalue weighted by Crippen LogP contribution is -2.33. The van der Waals surface area contributed by atoms with Crippen LogP contribution < -0.4 is 5.32 Å². The van der Waals surface area contributed by atoms with Gasteiger partial charge >= 0.3 is 5.97 Å². The molecule has 1 aromatic rings. The number of carbonyl (C=O) groups is 2. The lowest BCUT2D eigenvalue weighted by molar-refractivity contribution is 0.0689. The van der Waals surface area contributed by atoms with Gasteiger partial charge in [0.05, 0.1) is 11.1 Å². The second kappa shape index (κ2) is 4.86. The summed E-state index contributed by atoms with van der Waals surface area (Å²) in [5, 5.41) is 12.4. The van der Waals surface area contributed by atoms with Crippen LogP contribution in [0.2, 0.25) is 0 Å². The smallest absolute Gasteiger partial charge is 0.336 e. The second-order valence-electron chi connectivity index (χ2n) is 6.57. The number of amides is 1. The largest absolute Gasteiger partial charge is 0.478 e. The summed E-state index contributed by atoms with van der Waals surface area (Å²) in [4.78, 5) is 23.9. The fraction of sp³-hybridized carbons (Fsp3) is 0.529. The van der Waals surface area contributed by atoms with Gasteiger partial charge in [0.15, 0.2) is 0 Å². The molecule has 2 N–H and O–H groups in total. The van der Waals surface area contributed by atoms with Crippen LogP contribution >= 0.6 is 0 Å². The molecule has 0 aromatic heterocycles. The van der Waals surface area contributed by atoms with Gasteiger partial charge in [-0.15, -0.1) is 0 Å². The first kappa shape index (κ1) is 14.1. The number of hydrogen-bond acceptors (Lipinski definition) is 2. The molecule has 0 heterocycles. The van der Waals surface area contributed by atoms with Crippen LogP contribution in [-0.2, 0) is 0 Å². The molecule has 21 heavy (non-hydrogen) atoms. The Hall–Kier alpha value is -1.84. The Kier molecular flexibility index (Phi) is 3.27. The van der Waals surface area contributed by atoms with Crippen molar-refractivity contribution in [3.63, 3.8) is 0 Å². The summed E-state index contributed by atoms with van der Waals surface area (Å²) in [7, 11) is 0. The van der Waals surface area contributed by atoms with Gasteiger partial charge in [-0.05, 0) is 62.0 Å². The quantitative estimate of drug-likeness (QED) is 0.875. The van der Waals surface area contributed by atoms with Gasteiger partial charge in [-0.1, -0.05) is 12.1 Å². The molecule has 2 aliphatic carbocycles. The van der Waals surface area contributed by atoms with E-state index in [4.69, 9.17) is 0 Å². The summed E-state index contributed by atoms with van der Waals surface area (Å²) in [6.07, 6.45) is 4.94. The zero-order chi connectivity index (χ0) is 15.2. The Labute approximate surface area is 124 Å². The summed E-state index contributed by atoms with van der Waals surface area (Å²) in [5.41, 5.74) is 2.10. The van der Waals surface area contributed by atoms with E-state index in [9.17, 15) is 14.7 Å². The molecule has 0 aliphatic heterocycles. The number of nitrogens with one attached hydrogen (secondary N) is 1. The van der Waals surface area contributed by atoms with Gasteiger partial charge in [-0.25, -0.2) is 4.79 Å². The zero-order valence-electron chi connectivity index (χ0n) is 12.5. The van der Waals surface area contributed by atoms with Gasteiger partial charge in [0.25, 0.3) is 5.91 Å². The molecular formula is C17H21NO3. The molecule has 0 saturated heterocycles. The number of aryl methyl sites for hydroxylation is 2. The van der Waals surface area contributed by atoms with E-state index >= 15 is 0 Å². The molecule has 2 saturated carbocycles. The van der Waals surface area contributed by atoms with Gasteiger partial charge in [-0.3, -0.25) is 4.79 Å². The van der Waals surface area contributed by atoms with Crippen LogP contribution in [0.3, 0.4) is 0 Å². The maximum atomic E-state index is 12.5. The summed E-state index contributed by atoms with van der Waals surface area (Å²) in [5.74, 6) is -0.513. The molecule has 1 aromatic carbocycles. The minimum atomic E-state index is -1.04. The van der Waals surface area contributed by atoms with Crippen LogP contribution in [0.1, 0.15) is 57.5 Å². The van der Waals surface area contributed by atoms with E-state index in [0.29, 0.717) is 28.7 Å². The molecule has 0 radical (unpaired) electrons. The van der Waals surface area contributed by atoms with Crippen molar-refractivity contribution in [2.45, 2.75) is 39.5 Å². The van der Waals surface area contributed by atoms with Gasteiger partial charge in [0, 0.05) is 6.54 Å². The Morgan fingerprint density at radius 3 is 2.24 bits per heavy atom. The summed E-state index contributed by atoms with van der Waals surface area (Å²) in [6.45, 7) is 4.20. The lowest BCUT2D eigenvalue weighted by atomic mass is 9.95. The highest BCUT2D eigenvalue weighted by Gasteiger charge is 2.53. The molecule has 4 heteroatoms. The predicted octanol–water partition coefficient (Wildman–Crippen LogP) is 2.92. The highest BCUT2D eigenvalue weighted by Crippen LogP contribution is 2.60. The van der Waals surface area contributed by atoms with Crippen molar-refractivity contribution in [3.8, 4) is 0 Å². The molecular weight excluding hydrogens is 266 g/mol. The van der Waals surface area contributed by atoms with Crippen molar-refractivity contribution in [2.75, 3.05) is 6.54 Å². The lowest BCUT2D eigenvalue weighted by Gasteiger charge is -2.17. The minimum Gasteiger partial charge on any atom is -0.478 e. The van der Waals surface area contributed by atoms with E-state index in [1.54, 1.807) is 19.9 Å². The minimum absolute atomic E-state index is 0.128. The molecule has 3 rings (SSSR count). The number of aromatic carboxylic acids is 1. The third kappa shape index (κ3) is 2.55. The van der Waals surface area contributed by atoms with Gasteiger partial charge < -0.3 is 10.4 Å². The van der Waals surface area contributed by atoms with Crippen molar-refractivity contribution < 1.29 is 14.7 Å². The molecule has 2 fully saturated rings. The highest BCUT2D eigenvalue weighted by atomic mass is 16.4. The fourth-order valence-electron chi connectivity index (χ4n) is 3.31. The predicted molar refractivity (Wildman–Crippen MR) is 79.6 cm³/mol. The van der Waals surface area contributed by atoms with Crippen molar-refractivity contribution in [1.82, 2.24) is 5.32 Å². The molecule has 1 amide bonds. The van der Waals surface area contributed by atoms with E-state index in [-0.39, 0.29) is 11.5 Å². The van der Waals surface area contributed by atoms with E-state index in [1.165, 1.54) is 25.7 Å². The number of carboxylic acids is 1. The monoisotopic (exact) mass is 287 g/mol. The average molecular weight is 287 g/mol. The Morgan fingerprint density at radius 2 is 1.76 bits per heavy atom. The van der Waals surface area contributed by atoms with Gasteiger partial charge in [-0.2, -0.15) is 0 Å². The first-order chi connectivity index (χ1) is 9.94. The maximum Gasteiger partial charge on any atom is 0.336 e. The zero-order valence-corrected chi connectivity index (χ0v) is 12.5. The third-order valence-corrected chi connectivity index (χ3v) is 5.00. The van der Waals surface area contributed by atoms with Crippen molar-refractivity contribution in [3.05, 3.63) is 34.4 Å². The van der Waals surface area contributed by atoms with Crippen LogP contribution in [0.25, 0.3) is 0 Å². The summed E-state index contributed by atoms with van der Waals surface area (Å²) in [6, 6.07) is 3.56. The van der Waals surface area contributed by atoms with Crippen LogP contribution in [0.4, 0.5) is 0 Å². The van der Waals surface area contributed by atoms with Gasteiger partial charge in [0.1, 0.15) is 0 Å². The molecule has 4 nitrogen and oxygen atoms in total. The number of benzene rings is 1. The Balaban J connectivity index is 1.81. The summed E-state index contributed by atoms with van der Waals surface area (Å²) >= 11 is 0. The first-order valence-electron chi connectivity index (χ1n) is 7.56. The average Bonchev–Trinajstić information content (AvgIpc) is 3.29. The normalized spacial score (nSPS) is 19.1. The van der Waals surface area contributed by atoms with Crippen LogP contribution in [-0.4, -0.2) is 23.5 Å². The third-order valence-electron chi connectivity index (χ3n) is 5.00. The standard InChI is InChI=1S/C17H21NO3/c1-10-3-4-11(2)14(16(20)21)13(10)15(19)18-9-17(7-8-17)12-5-6-12/h3-4,12H,5-9H2,1-2H3,(H,18,19)(H,20,21). The SMILES string of the molecule is Cc1ccc(C)c(C(=O)NCC2(C3CC3)CC2)c1C(=O)O. The van der Waals surface area contributed by atoms with Gasteiger partial charge in [0.2, 0.25) is 0 Å². The van der Waals surface area contributed by atoms with E-state index < -0.39 is 5.97 Å². The molecule has 2 aliphatic rings. The highest BCUT2D eigenvalue weighted by molar-refractivity contribution is 6.06. The van der Waals surface area contributed by atoms with E-state index in [2.05, 4.69) is 5.32 Å². The number of hydrogen-bond donors (Lipinski definition) is 2. The Morgan fingerprint density at radius 1 is 1.19 bits per heavy atom. The number of rotatable bonds is 5. The molecule has 112 valence electrons. The second-order valence-corrected chi connectivity index (χ2v) is 6.57. The van der Waals surface area contributed by atoms with Crippen LogP contribution in [0.15, 0.2) is 12.1 Å². The van der Waals surface area contributed by atoms with Crippen molar-refractivity contribution in [2.24, 2.45) is 11.3 Å². The molecule has 0 atom stereocenters. The van der Waals surface area contributed by atoms with Crippen LogP contribution in [0.5, 0.6) is 0 Å². The van der Waals surface area contributed by atoms with Crippen molar-refractivity contribution >= 4 is 11.9 Å². The topological polar surface area (TPSA) is 66.4 Å². The van der Waals surface area contributed by atoms with Crippen molar-refractivity contribution in [1.29, 1.82) is 0 Å². The molecule has 0 unspecified atom stereocenters.